The maximum absolute atomic E-state index is 12.1. The van der Waals surface area contributed by atoms with E-state index in [0.717, 1.165) is 5.56 Å². The summed E-state index contributed by atoms with van der Waals surface area (Å²) in [7, 11) is 1.83. The van der Waals surface area contributed by atoms with E-state index < -0.39 is 0 Å². The normalized spacial score (nSPS) is 10.9. The lowest BCUT2D eigenvalue weighted by Gasteiger charge is -2.17. The number of amides is 1. The van der Waals surface area contributed by atoms with E-state index in [0.29, 0.717) is 32.3 Å². The van der Waals surface area contributed by atoms with E-state index in [9.17, 15) is 4.79 Å². The molecule has 0 aliphatic rings. The zero-order chi connectivity index (χ0) is 17.0. The van der Waals surface area contributed by atoms with E-state index in [1.165, 1.54) is 0 Å². The van der Waals surface area contributed by atoms with E-state index in [1.54, 1.807) is 30.3 Å². The van der Waals surface area contributed by atoms with Crippen LogP contribution in [0.1, 0.15) is 5.56 Å². The molecular formula is C16H14Cl4N2O. The summed E-state index contributed by atoms with van der Waals surface area (Å²) < 4.78 is 0. The molecule has 2 aromatic rings. The molecule has 2 rings (SSSR count). The zero-order valence-electron chi connectivity index (χ0n) is 12.2. The Morgan fingerprint density at radius 2 is 1.61 bits per heavy atom. The second-order valence-electron chi connectivity index (χ2n) is 5.08. The van der Waals surface area contributed by atoms with Crippen molar-refractivity contribution in [3.63, 3.8) is 0 Å². The highest BCUT2D eigenvalue weighted by Gasteiger charge is 2.11. The predicted octanol–water partition coefficient (Wildman–Crippen LogP) is 5.37. The molecule has 0 radical (unpaired) electrons. The number of halogens is 4. The molecule has 0 saturated carbocycles. The summed E-state index contributed by atoms with van der Waals surface area (Å²) in [6.07, 6.45) is 0. The van der Waals surface area contributed by atoms with Crippen molar-refractivity contribution in [3.8, 4) is 0 Å². The molecule has 0 heterocycles. The average molecular weight is 392 g/mol. The molecule has 23 heavy (non-hydrogen) atoms. The second kappa shape index (κ2) is 8.22. The van der Waals surface area contributed by atoms with Crippen molar-refractivity contribution in [3.05, 3.63) is 62.1 Å². The highest BCUT2D eigenvalue weighted by Crippen LogP contribution is 2.25. The van der Waals surface area contributed by atoms with Crippen molar-refractivity contribution in [1.82, 2.24) is 4.90 Å². The van der Waals surface area contributed by atoms with Gasteiger partial charge in [0.1, 0.15) is 0 Å². The van der Waals surface area contributed by atoms with Gasteiger partial charge in [-0.25, -0.2) is 0 Å². The fraction of sp³-hybridized carbons (Fsp3) is 0.188. The van der Waals surface area contributed by atoms with Gasteiger partial charge in [0.2, 0.25) is 5.91 Å². The monoisotopic (exact) mass is 390 g/mol. The summed E-state index contributed by atoms with van der Waals surface area (Å²) in [6, 6.07) is 10.2. The lowest BCUT2D eigenvalue weighted by Crippen LogP contribution is -2.30. The number of nitrogens with zero attached hydrogens (tertiary/aromatic N) is 1. The summed E-state index contributed by atoms with van der Waals surface area (Å²) in [5, 5.41) is 4.82. The minimum absolute atomic E-state index is 0.179. The van der Waals surface area contributed by atoms with Crippen LogP contribution in [0.25, 0.3) is 0 Å². The van der Waals surface area contributed by atoms with Crippen molar-refractivity contribution in [2.24, 2.45) is 0 Å². The van der Waals surface area contributed by atoms with Crippen molar-refractivity contribution < 1.29 is 4.79 Å². The minimum atomic E-state index is -0.179. The number of carbonyl (C=O) groups is 1. The fourth-order valence-electron chi connectivity index (χ4n) is 2.02. The Kier molecular flexibility index (Phi) is 6.57. The summed E-state index contributed by atoms with van der Waals surface area (Å²) in [4.78, 5) is 13.9. The van der Waals surface area contributed by atoms with Gasteiger partial charge in [0.15, 0.2) is 0 Å². The van der Waals surface area contributed by atoms with Gasteiger partial charge in [-0.3, -0.25) is 9.69 Å². The maximum Gasteiger partial charge on any atom is 0.238 e. The Hall–Kier alpha value is -0.970. The van der Waals surface area contributed by atoms with Crippen LogP contribution in [-0.2, 0) is 11.3 Å². The maximum atomic E-state index is 12.1. The second-order valence-corrected chi connectivity index (χ2v) is 6.77. The van der Waals surface area contributed by atoms with Gasteiger partial charge in [0.05, 0.1) is 17.3 Å². The van der Waals surface area contributed by atoms with Crippen LogP contribution >= 0.6 is 46.4 Å². The number of anilines is 1. The molecule has 0 atom stereocenters. The van der Waals surface area contributed by atoms with Gasteiger partial charge in [-0.1, -0.05) is 52.5 Å². The quantitative estimate of drug-likeness (QED) is 0.742. The average Bonchev–Trinajstić information content (AvgIpc) is 2.45. The fourth-order valence-corrected chi connectivity index (χ4v) is 2.95. The largest absolute Gasteiger partial charge is 0.324 e. The summed E-state index contributed by atoms with van der Waals surface area (Å²) in [5.74, 6) is -0.179. The number of benzene rings is 2. The molecule has 0 spiro atoms. The Bertz CT molecular complexity index is 721. The Balaban J connectivity index is 1.94. The molecule has 1 N–H and O–H groups in total. The number of carbonyl (C=O) groups excluding carboxylic acids is 1. The highest BCUT2D eigenvalue weighted by molar-refractivity contribution is 6.36. The Morgan fingerprint density at radius 1 is 1.00 bits per heavy atom. The molecular weight excluding hydrogens is 378 g/mol. The van der Waals surface area contributed by atoms with Crippen LogP contribution in [-0.4, -0.2) is 24.4 Å². The zero-order valence-corrected chi connectivity index (χ0v) is 15.3. The van der Waals surface area contributed by atoms with Gasteiger partial charge in [-0.15, -0.1) is 0 Å². The molecule has 3 nitrogen and oxygen atoms in total. The first kappa shape index (κ1) is 18.4. The molecule has 7 heteroatoms. The molecule has 0 aliphatic carbocycles. The highest BCUT2D eigenvalue weighted by atomic mass is 35.5. The van der Waals surface area contributed by atoms with Crippen LogP contribution in [0.15, 0.2) is 36.4 Å². The van der Waals surface area contributed by atoms with Crippen LogP contribution in [0.3, 0.4) is 0 Å². The summed E-state index contributed by atoms with van der Waals surface area (Å²) in [6.45, 7) is 0.718. The lowest BCUT2D eigenvalue weighted by atomic mass is 10.2. The van der Waals surface area contributed by atoms with Crippen molar-refractivity contribution >= 4 is 58.0 Å². The van der Waals surface area contributed by atoms with E-state index in [1.807, 2.05) is 18.0 Å². The number of likely N-dealkylation sites (N-methyl/N-ethyl adjacent to an activating group) is 1. The van der Waals surface area contributed by atoms with Crippen LogP contribution in [0, 0.1) is 0 Å². The molecule has 0 saturated heterocycles. The van der Waals surface area contributed by atoms with Gasteiger partial charge in [0, 0.05) is 21.6 Å². The van der Waals surface area contributed by atoms with Gasteiger partial charge in [-0.05, 0) is 42.9 Å². The smallest absolute Gasteiger partial charge is 0.238 e. The number of rotatable bonds is 5. The molecule has 0 aliphatic heterocycles. The van der Waals surface area contributed by atoms with Crippen LogP contribution in [0.5, 0.6) is 0 Å². The molecule has 0 bridgehead atoms. The molecule has 0 unspecified atom stereocenters. The third-order valence-corrected chi connectivity index (χ3v) is 4.21. The SMILES string of the molecule is CN(CC(=O)Nc1ccc(Cl)cc1Cl)Cc1ccc(Cl)cc1Cl. The number of nitrogens with one attached hydrogen (secondary N) is 1. The van der Waals surface area contributed by atoms with Crippen LogP contribution in [0.4, 0.5) is 5.69 Å². The van der Waals surface area contributed by atoms with Crippen LogP contribution < -0.4 is 5.32 Å². The van der Waals surface area contributed by atoms with Crippen LogP contribution in [0.2, 0.25) is 20.1 Å². The van der Waals surface area contributed by atoms with Gasteiger partial charge in [-0.2, -0.15) is 0 Å². The summed E-state index contributed by atoms with van der Waals surface area (Å²) >= 11 is 23.9. The predicted molar refractivity (Wildman–Crippen MR) is 97.9 cm³/mol. The standard InChI is InChI=1S/C16H14Cl4N2O/c1-22(8-10-2-3-11(17)6-13(10)19)9-16(23)21-15-5-4-12(18)7-14(15)20/h2-7H,8-9H2,1H3,(H,21,23). The van der Waals surface area contributed by atoms with Gasteiger partial charge < -0.3 is 5.32 Å². The Morgan fingerprint density at radius 3 is 2.22 bits per heavy atom. The Labute approximate surface area is 155 Å². The van der Waals surface area contributed by atoms with E-state index in [-0.39, 0.29) is 12.5 Å². The topological polar surface area (TPSA) is 32.3 Å². The van der Waals surface area contributed by atoms with E-state index >= 15 is 0 Å². The minimum Gasteiger partial charge on any atom is -0.324 e. The first-order valence-electron chi connectivity index (χ1n) is 6.72. The van der Waals surface area contributed by atoms with Crippen molar-refractivity contribution in [2.75, 3.05) is 18.9 Å². The van der Waals surface area contributed by atoms with Gasteiger partial charge in [0.25, 0.3) is 0 Å². The van der Waals surface area contributed by atoms with E-state index in [4.69, 9.17) is 46.4 Å². The third kappa shape index (κ3) is 5.55. The first-order valence-corrected chi connectivity index (χ1v) is 8.23. The molecule has 0 aromatic heterocycles. The third-order valence-electron chi connectivity index (χ3n) is 3.07. The summed E-state index contributed by atoms with van der Waals surface area (Å²) in [5.41, 5.74) is 1.43. The van der Waals surface area contributed by atoms with Gasteiger partial charge >= 0.3 is 0 Å². The lowest BCUT2D eigenvalue weighted by molar-refractivity contribution is -0.117. The van der Waals surface area contributed by atoms with E-state index in [2.05, 4.69) is 5.32 Å². The molecule has 122 valence electrons. The first-order chi connectivity index (χ1) is 10.8. The number of hydrogen-bond donors (Lipinski definition) is 1. The number of hydrogen-bond acceptors (Lipinski definition) is 2. The van der Waals surface area contributed by atoms with Crippen molar-refractivity contribution in [1.29, 1.82) is 0 Å². The molecule has 0 fully saturated rings. The van der Waals surface area contributed by atoms with Crippen molar-refractivity contribution in [2.45, 2.75) is 6.54 Å². The molecule has 1 amide bonds. The molecule has 2 aromatic carbocycles.